The van der Waals surface area contributed by atoms with Crippen LogP contribution < -0.4 is 0 Å². The number of hydrogen-bond acceptors (Lipinski definition) is 3. The van der Waals surface area contributed by atoms with E-state index in [0.29, 0.717) is 12.5 Å². The van der Waals surface area contributed by atoms with Crippen molar-refractivity contribution in [3.63, 3.8) is 0 Å². The largest absolute Gasteiger partial charge is 0.391 e. The monoisotopic (exact) mass is 236 g/mol. The number of rotatable bonds is 4. The Balaban J connectivity index is 1.94. The molecule has 0 aromatic heterocycles. The molecule has 1 aliphatic carbocycles. The van der Waals surface area contributed by atoms with Crippen molar-refractivity contribution < 1.29 is 5.11 Å². The summed E-state index contributed by atoms with van der Waals surface area (Å²) in [5.74, 6) is 0.698. The highest BCUT2D eigenvalue weighted by Crippen LogP contribution is 2.34. The van der Waals surface area contributed by atoms with Gasteiger partial charge in [-0.1, -0.05) is 11.2 Å². The third-order valence-electron chi connectivity index (χ3n) is 3.66. The molecule has 1 heterocycles. The summed E-state index contributed by atoms with van der Waals surface area (Å²) in [4.78, 5) is 4.96. The van der Waals surface area contributed by atoms with Crippen molar-refractivity contribution in [2.24, 2.45) is 11.0 Å². The van der Waals surface area contributed by atoms with E-state index < -0.39 is 6.10 Å². The second-order valence-corrected chi connectivity index (χ2v) is 4.91. The van der Waals surface area contributed by atoms with Crippen LogP contribution in [0.1, 0.15) is 32.1 Å². The van der Waals surface area contributed by atoms with E-state index >= 15 is 0 Å². The van der Waals surface area contributed by atoms with Crippen molar-refractivity contribution in [2.75, 3.05) is 19.6 Å². The topological polar surface area (TPSA) is 72.2 Å². The molecule has 1 fully saturated rings. The molecule has 1 saturated heterocycles. The average Bonchev–Trinajstić information content (AvgIpc) is 2.37. The summed E-state index contributed by atoms with van der Waals surface area (Å²) in [6.07, 6.45) is 8.01. The molecule has 0 radical (unpaired) electrons. The third-order valence-corrected chi connectivity index (χ3v) is 3.66. The van der Waals surface area contributed by atoms with Gasteiger partial charge in [0.05, 0.1) is 12.6 Å². The summed E-state index contributed by atoms with van der Waals surface area (Å²) in [7, 11) is 0. The zero-order valence-electron chi connectivity index (χ0n) is 10.1. The molecule has 94 valence electrons. The molecular weight excluding hydrogens is 216 g/mol. The predicted molar refractivity (Wildman–Crippen MR) is 66.3 cm³/mol. The molecule has 0 bridgehead atoms. The Morgan fingerprint density at radius 2 is 2.35 bits per heavy atom. The highest BCUT2D eigenvalue weighted by atomic mass is 16.3. The van der Waals surface area contributed by atoms with Crippen LogP contribution >= 0.6 is 0 Å². The van der Waals surface area contributed by atoms with Gasteiger partial charge in [-0.3, -0.25) is 0 Å². The number of piperidine rings is 1. The first kappa shape index (κ1) is 12.3. The zero-order valence-corrected chi connectivity index (χ0v) is 10.1. The van der Waals surface area contributed by atoms with E-state index in [1.54, 1.807) is 0 Å². The number of β-amino-alcohol motifs (C(OH)–C–C–N with tert-alkyl or cyclic N) is 1. The lowest BCUT2D eigenvalue weighted by Gasteiger charge is -2.40. The fourth-order valence-electron chi connectivity index (χ4n) is 2.91. The molecule has 0 spiro atoms. The summed E-state index contributed by atoms with van der Waals surface area (Å²) in [6.45, 7) is 1.79. The molecule has 0 amide bonds. The summed E-state index contributed by atoms with van der Waals surface area (Å²) >= 11 is 0. The van der Waals surface area contributed by atoms with E-state index in [1.807, 2.05) is 0 Å². The molecule has 2 aliphatic rings. The summed E-state index contributed by atoms with van der Waals surface area (Å²) < 4.78 is 0. The molecular formula is C12H20N4O. The van der Waals surface area contributed by atoms with Crippen molar-refractivity contribution >= 4 is 0 Å². The Labute approximate surface area is 102 Å². The minimum Gasteiger partial charge on any atom is -0.391 e. The SMILES string of the molecule is [N-]=[N+]=NC[C@H](O)CN1CCCC2CCCC=C21. The van der Waals surface area contributed by atoms with Crippen molar-refractivity contribution in [3.8, 4) is 0 Å². The van der Waals surface area contributed by atoms with Crippen LogP contribution in [0.3, 0.4) is 0 Å². The number of fused-ring (bicyclic) bond motifs is 1. The van der Waals surface area contributed by atoms with E-state index in [1.165, 1.54) is 31.4 Å². The fourth-order valence-corrected chi connectivity index (χ4v) is 2.91. The maximum Gasteiger partial charge on any atom is 0.0771 e. The zero-order chi connectivity index (χ0) is 12.1. The van der Waals surface area contributed by atoms with Gasteiger partial charge in [0.15, 0.2) is 0 Å². The molecule has 0 saturated carbocycles. The number of nitrogens with zero attached hydrogens (tertiary/aromatic N) is 4. The first-order valence-electron chi connectivity index (χ1n) is 6.45. The number of allylic oxidation sites excluding steroid dienone is 2. The predicted octanol–water partition coefficient (Wildman–Crippen LogP) is 2.44. The van der Waals surface area contributed by atoms with Gasteiger partial charge in [0.1, 0.15) is 0 Å². The van der Waals surface area contributed by atoms with Crippen LogP contribution in [0.15, 0.2) is 16.9 Å². The van der Waals surface area contributed by atoms with Gasteiger partial charge in [0, 0.05) is 23.7 Å². The minimum absolute atomic E-state index is 0.172. The standard InChI is InChI=1S/C12H20N4O/c13-15-14-8-11(17)9-16-7-3-5-10-4-1-2-6-12(10)16/h6,10-11,17H,1-5,7-9H2/t10?,11-/m0/s1. The molecule has 5 heteroatoms. The van der Waals surface area contributed by atoms with Crippen molar-refractivity contribution in [3.05, 3.63) is 22.2 Å². The van der Waals surface area contributed by atoms with Gasteiger partial charge in [-0.15, -0.1) is 0 Å². The molecule has 1 aliphatic heterocycles. The van der Waals surface area contributed by atoms with E-state index in [2.05, 4.69) is 21.0 Å². The fraction of sp³-hybridized carbons (Fsp3) is 0.833. The Morgan fingerprint density at radius 1 is 1.53 bits per heavy atom. The quantitative estimate of drug-likeness (QED) is 0.462. The normalized spacial score (nSPS) is 25.6. The van der Waals surface area contributed by atoms with Gasteiger partial charge < -0.3 is 10.0 Å². The Kier molecular flexibility index (Phi) is 4.29. The highest BCUT2D eigenvalue weighted by Gasteiger charge is 2.27. The maximum atomic E-state index is 9.79. The first-order valence-corrected chi connectivity index (χ1v) is 6.45. The number of aliphatic hydroxyl groups is 1. The van der Waals surface area contributed by atoms with Gasteiger partial charge in [-0.2, -0.15) is 0 Å². The molecule has 17 heavy (non-hydrogen) atoms. The lowest BCUT2D eigenvalue weighted by molar-refractivity contribution is 0.113. The van der Waals surface area contributed by atoms with Crippen LogP contribution in [-0.4, -0.2) is 35.7 Å². The van der Waals surface area contributed by atoms with Crippen molar-refractivity contribution in [1.82, 2.24) is 4.90 Å². The van der Waals surface area contributed by atoms with Crippen molar-refractivity contribution in [1.29, 1.82) is 0 Å². The van der Waals surface area contributed by atoms with Crippen LogP contribution in [0, 0.1) is 5.92 Å². The number of likely N-dealkylation sites (tertiary alicyclic amines) is 1. The second kappa shape index (κ2) is 5.94. The smallest absolute Gasteiger partial charge is 0.0771 e. The molecule has 5 nitrogen and oxygen atoms in total. The maximum absolute atomic E-state index is 9.79. The lowest BCUT2D eigenvalue weighted by atomic mass is 9.85. The van der Waals surface area contributed by atoms with Crippen LogP contribution in [-0.2, 0) is 0 Å². The Morgan fingerprint density at radius 3 is 3.18 bits per heavy atom. The van der Waals surface area contributed by atoms with Crippen LogP contribution in [0.2, 0.25) is 0 Å². The Bertz CT molecular complexity index is 335. The average molecular weight is 236 g/mol. The van der Waals surface area contributed by atoms with Gasteiger partial charge in [0.25, 0.3) is 0 Å². The van der Waals surface area contributed by atoms with Crippen LogP contribution in [0.25, 0.3) is 10.4 Å². The van der Waals surface area contributed by atoms with Crippen LogP contribution in [0.5, 0.6) is 0 Å². The number of aliphatic hydroxyl groups excluding tert-OH is 1. The third kappa shape index (κ3) is 3.14. The molecule has 1 N–H and O–H groups in total. The van der Waals surface area contributed by atoms with E-state index in [4.69, 9.17) is 5.53 Å². The van der Waals surface area contributed by atoms with E-state index in [-0.39, 0.29) is 6.54 Å². The molecule has 0 aromatic carbocycles. The first-order chi connectivity index (χ1) is 8.31. The summed E-state index contributed by atoms with van der Waals surface area (Å²) in [6, 6.07) is 0. The van der Waals surface area contributed by atoms with Gasteiger partial charge in [-0.25, -0.2) is 0 Å². The van der Waals surface area contributed by atoms with E-state index in [0.717, 1.165) is 13.0 Å². The number of azide groups is 1. The molecule has 0 aromatic rings. The minimum atomic E-state index is -0.549. The van der Waals surface area contributed by atoms with Gasteiger partial charge >= 0.3 is 0 Å². The summed E-state index contributed by atoms with van der Waals surface area (Å²) in [5.41, 5.74) is 9.65. The number of hydrogen-bond donors (Lipinski definition) is 1. The summed E-state index contributed by atoms with van der Waals surface area (Å²) in [5, 5.41) is 13.2. The van der Waals surface area contributed by atoms with Gasteiger partial charge in [0.2, 0.25) is 0 Å². The second-order valence-electron chi connectivity index (χ2n) is 4.91. The molecule has 2 atom stereocenters. The lowest BCUT2D eigenvalue weighted by Crippen LogP contribution is -2.40. The van der Waals surface area contributed by atoms with E-state index in [9.17, 15) is 5.11 Å². The van der Waals surface area contributed by atoms with Crippen molar-refractivity contribution in [2.45, 2.75) is 38.2 Å². The highest BCUT2D eigenvalue weighted by molar-refractivity contribution is 5.11. The molecule has 1 unspecified atom stereocenters. The molecule has 2 rings (SSSR count). The van der Waals surface area contributed by atoms with Crippen LogP contribution in [0.4, 0.5) is 0 Å². The Hall–Kier alpha value is -1.19. The van der Waals surface area contributed by atoms with Gasteiger partial charge in [-0.05, 0) is 43.6 Å².